The van der Waals surface area contributed by atoms with E-state index in [0.29, 0.717) is 0 Å². The van der Waals surface area contributed by atoms with Crippen LogP contribution in [-0.4, -0.2) is 6.21 Å². The zero-order chi connectivity index (χ0) is 5.82. The van der Waals surface area contributed by atoms with Crippen LogP contribution in [0.1, 0.15) is 32.1 Å². The molecule has 0 amide bonds. The van der Waals surface area contributed by atoms with Gasteiger partial charge in [-0.2, -0.15) is 0 Å². The lowest BCUT2D eigenvalue weighted by Crippen LogP contribution is -1.77. The number of hydrogen-bond donors (Lipinski definition) is 1. The lowest BCUT2D eigenvalue weighted by atomic mass is 10.2. The summed E-state index contributed by atoms with van der Waals surface area (Å²) < 4.78 is 0. The number of nitrogens with one attached hydrogen (secondary N) is 1. The van der Waals surface area contributed by atoms with E-state index >= 15 is 0 Å². The Morgan fingerprint density at radius 3 is 2.75 bits per heavy atom. The molecule has 0 aliphatic heterocycles. The molecule has 1 rings (SSSR count). The maximum absolute atomic E-state index is 6.74. The van der Waals surface area contributed by atoms with E-state index in [-0.39, 0.29) is 0 Å². The Balaban J connectivity index is 1.80. The fourth-order valence-electron chi connectivity index (χ4n) is 0.915. The van der Waals surface area contributed by atoms with Crippen LogP contribution in [0.25, 0.3) is 0 Å². The Hall–Kier alpha value is -0.330. The highest BCUT2D eigenvalue weighted by Gasteiger charge is 2.19. The van der Waals surface area contributed by atoms with Gasteiger partial charge in [0, 0.05) is 0 Å². The lowest BCUT2D eigenvalue weighted by molar-refractivity contribution is 0.687. The van der Waals surface area contributed by atoms with Gasteiger partial charge in [-0.15, -0.1) is 0 Å². The number of rotatable bonds is 4. The molecular weight excluding hydrogens is 98.1 g/mol. The van der Waals surface area contributed by atoms with E-state index in [4.69, 9.17) is 5.41 Å². The largest absolute Gasteiger partial charge is 0.313 e. The molecule has 0 aromatic rings. The molecule has 0 saturated heterocycles. The molecule has 1 aliphatic carbocycles. The summed E-state index contributed by atoms with van der Waals surface area (Å²) in [5.41, 5.74) is 0. The Morgan fingerprint density at radius 2 is 2.25 bits per heavy atom. The SMILES string of the molecule is N=CCCCC1CC1. The molecule has 1 saturated carbocycles. The highest BCUT2D eigenvalue weighted by molar-refractivity contribution is 5.52. The van der Waals surface area contributed by atoms with Gasteiger partial charge >= 0.3 is 0 Å². The second kappa shape index (κ2) is 2.85. The molecule has 0 bridgehead atoms. The first-order valence-corrected chi connectivity index (χ1v) is 3.42. The van der Waals surface area contributed by atoms with Crippen molar-refractivity contribution in [3.63, 3.8) is 0 Å². The Bertz CT molecular complexity index is 74.5. The van der Waals surface area contributed by atoms with E-state index in [1.54, 1.807) is 0 Å². The van der Waals surface area contributed by atoms with Crippen molar-refractivity contribution in [3.8, 4) is 0 Å². The van der Waals surface area contributed by atoms with Crippen LogP contribution < -0.4 is 0 Å². The summed E-state index contributed by atoms with van der Waals surface area (Å²) in [6.07, 6.45) is 8.04. The predicted octanol–water partition coefficient (Wildman–Crippen LogP) is 2.22. The molecular formula is C7H13N. The summed E-state index contributed by atoms with van der Waals surface area (Å²) in [5, 5.41) is 6.74. The maximum atomic E-state index is 6.74. The standard InChI is InChI=1S/C7H13N/c8-6-2-1-3-7-4-5-7/h6-8H,1-5H2. The summed E-state index contributed by atoms with van der Waals surface area (Å²) in [5.74, 6) is 1.05. The summed E-state index contributed by atoms with van der Waals surface area (Å²) in [4.78, 5) is 0. The third-order valence-electron chi connectivity index (χ3n) is 1.66. The molecule has 1 N–H and O–H groups in total. The van der Waals surface area contributed by atoms with Gasteiger partial charge in [0.2, 0.25) is 0 Å². The van der Waals surface area contributed by atoms with Crippen molar-refractivity contribution in [2.45, 2.75) is 32.1 Å². The molecule has 0 radical (unpaired) electrons. The first kappa shape index (κ1) is 5.80. The van der Waals surface area contributed by atoms with Gasteiger partial charge in [-0.3, -0.25) is 0 Å². The third-order valence-corrected chi connectivity index (χ3v) is 1.66. The van der Waals surface area contributed by atoms with Crippen LogP contribution in [0.2, 0.25) is 0 Å². The summed E-state index contributed by atoms with van der Waals surface area (Å²) in [6.45, 7) is 0. The zero-order valence-electron chi connectivity index (χ0n) is 5.19. The summed E-state index contributed by atoms with van der Waals surface area (Å²) >= 11 is 0. The van der Waals surface area contributed by atoms with Crippen LogP contribution in [0, 0.1) is 11.3 Å². The summed E-state index contributed by atoms with van der Waals surface area (Å²) in [6, 6.07) is 0. The van der Waals surface area contributed by atoms with E-state index in [2.05, 4.69) is 0 Å². The van der Waals surface area contributed by atoms with Gasteiger partial charge in [0.15, 0.2) is 0 Å². The number of unbranched alkanes of at least 4 members (excludes halogenated alkanes) is 1. The van der Waals surface area contributed by atoms with Crippen LogP contribution in [0.5, 0.6) is 0 Å². The second-order valence-electron chi connectivity index (χ2n) is 2.58. The molecule has 0 unspecified atom stereocenters. The van der Waals surface area contributed by atoms with E-state index in [0.717, 1.165) is 12.3 Å². The first-order valence-electron chi connectivity index (χ1n) is 3.42. The van der Waals surface area contributed by atoms with Gasteiger partial charge in [-0.25, -0.2) is 0 Å². The second-order valence-corrected chi connectivity index (χ2v) is 2.58. The van der Waals surface area contributed by atoms with Crippen LogP contribution in [0.15, 0.2) is 0 Å². The van der Waals surface area contributed by atoms with E-state index in [9.17, 15) is 0 Å². The topological polar surface area (TPSA) is 23.9 Å². The molecule has 1 fully saturated rings. The normalized spacial score (nSPS) is 18.5. The van der Waals surface area contributed by atoms with Gasteiger partial charge < -0.3 is 5.41 Å². The van der Waals surface area contributed by atoms with E-state index in [1.807, 2.05) is 0 Å². The van der Waals surface area contributed by atoms with Gasteiger partial charge in [-0.1, -0.05) is 19.3 Å². The minimum Gasteiger partial charge on any atom is -0.313 e. The van der Waals surface area contributed by atoms with Crippen molar-refractivity contribution in [2.75, 3.05) is 0 Å². The highest BCUT2D eigenvalue weighted by atomic mass is 14.3. The minimum absolute atomic E-state index is 0.997. The van der Waals surface area contributed by atoms with Crippen molar-refractivity contribution >= 4 is 6.21 Å². The molecule has 0 aromatic heterocycles. The van der Waals surface area contributed by atoms with Crippen molar-refractivity contribution in [1.82, 2.24) is 0 Å². The van der Waals surface area contributed by atoms with E-state index in [1.165, 1.54) is 31.9 Å². The quantitative estimate of drug-likeness (QED) is 0.425. The minimum atomic E-state index is 0.997. The van der Waals surface area contributed by atoms with Crippen molar-refractivity contribution in [1.29, 1.82) is 5.41 Å². The Kier molecular flexibility index (Phi) is 2.07. The van der Waals surface area contributed by atoms with Gasteiger partial charge in [0.25, 0.3) is 0 Å². The Labute approximate surface area is 50.6 Å². The fourth-order valence-corrected chi connectivity index (χ4v) is 0.915. The molecule has 1 nitrogen and oxygen atoms in total. The van der Waals surface area contributed by atoms with Gasteiger partial charge in [-0.05, 0) is 25.0 Å². The van der Waals surface area contributed by atoms with Crippen molar-refractivity contribution in [3.05, 3.63) is 0 Å². The highest BCUT2D eigenvalue weighted by Crippen LogP contribution is 2.33. The number of hydrogen-bond acceptors (Lipinski definition) is 1. The average Bonchev–Trinajstić information content (AvgIpc) is 2.51. The molecule has 8 heavy (non-hydrogen) atoms. The van der Waals surface area contributed by atoms with Crippen LogP contribution in [0.3, 0.4) is 0 Å². The van der Waals surface area contributed by atoms with E-state index < -0.39 is 0 Å². The monoisotopic (exact) mass is 111 g/mol. The van der Waals surface area contributed by atoms with Crippen LogP contribution in [-0.2, 0) is 0 Å². The maximum Gasteiger partial charge on any atom is -0.00477 e. The molecule has 0 spiro atoms. The first-order chi connectivity index (χ1) is 3.93. The van der Waals surface area contributed by atoms with Gasteiger partial charge in [0.1, 0.15) is 0 Å². The predicted molar refractivity (Wildman–Crippen MR) is 35.4 cm³/mol. The van der Waals surface area contributed by atoms with Crippen LogP contribution >= 0.6 is 0 Å². The molecule has 0 heterocycles. The summed E-state index contributed by atoms with van der Waals surface area (Å²) in [7, 11) is 0. The molecule has 1 heteroatoms. The smallest absolute Gasteiger partial charge is 0.00477 e. The van der Waals surface area contributed by atoms with Gasteiger partial charge in [0.05, 0.1) is 0 Å². The zero-order valence-corrected chi connectivity index (χ0v) is 5.19. The lowest BCUT2D eigenvalue weighted by Gasteiger charge is -1.89. The molecule has 0 aromatic carbocycles. The average molecular weight is 111 g/mol. The van der Waals surface area contributed by atoms with Crippen molar-refractivity contribution < 1.29 is 0 Å². The van der Waals surface area contributed by atoms with Crippen molar-refractivity contribution in [2.24, 2.45) is 5.92 Å². The Morgan fingerprint density at radius 1 is 1.50 bits per heavy atom. The molecule has 0 atom stereocenters. The fraction of sp³-hybridized carbons (Fsp3) is 0.857. The molecule has 46 valence electrons. The molecule has 1 aliphatic rings. The van der Waals surface area contributed by atoms with Crippen LogP contribution in [0.4, 0.5) is 0 Å². The third kappa shape index (κ3) is 2.10.